The molecule has 1 unspecified atom stereocenters. The summed E-state index contributed by atoms with van der Waals surface area (Å²) in [7, 11) is -0.698. The van der Waals surface area contributed by atoms with Gasteiger partial charge in [0.15, 0.2) is 0 Å². The average molecular weight is 236 g/mol. The fourth-order valence-corrected chi connectivity index (χ4v) is 4.12. The first-order valence-corrected chi connectivity index (χ1v) is 7.69. The lowest BCUT2D eigenvalue weighted by atomic mass is 10.0. The van der Waals surface area contributed by atoms with Gasteiger partial charge in [-0.05, 0) is 19.1 Å². The Kier molecular flexibility index (Phi) is 5.51. The van der Waals surface area contributed by atoms with E-state index in [1.165, 1.54) is 19.3 Å². The number of rotatable bonds is 3. The predicted molar refractivity (Wildman–Crippen MR) is 66.0 cm³/mol. The van der Waals surface area contributed by atoms with Crippen LogP contribution in [0.2, 0.25) is 0 Å². The van der Waals surface area contributed by atoms with Crippen LogP contribution in [-0.4, -0.2) is 25.7 Å². The minimum atomic E-state index is -0.698. The third-order valence-corrected chi connectivity index (χ3v) is 5.81. The van der Waals surface area contributed by atoms with Crippen molar-refractivity contribution in [3.8, 4) is 0 Å². The standard InChI is InChI=1S/C9H16OS3/c1-12-9(11)7-13(10)8-5-3-2-4-6-8/h8H,2-7H2,1H3. The molecule has 0 spiro atoms. The molecule has 13 heavy (non-hydrogen) atoms. The average Bonchev–Trinajstić information content (AvgIpc) is 2.19. The lowest BCUT2D eigenvalue weighted by Gasteiger charge is -2.20. The second-order valence-electron chi connectivity index (χ2n) is 3.36. The van der Waals surface area contributed by atoms with Gasteiger partial charge >= 0.3 is 0 Å². The molecule has 1 atom stereocenters. The molecular formula is C9H16OS3. The molecule has 0 heterocycles. The van der Waals surface area contributed by atoms with Crippen LogP contribution in [0, 0.1) is 0 Å². The zero-order chi connectivity index (χ0) is 9.68. The zero-order valence-corrected chi connectivity index (χ0v) is 10.4. The molecule has 1 nitrogen and oxygen atoms in total. The summed E-state index contributed by atoms with van der Waals surface area (Å²) >= 11 is 6.63. The van der Waals surface area contributed by atoms with Gasteiger partial charge < -0.3 is 0 Å². The van der Waals surface area contributed by atoms with Crippen molar-refractivity contribution < 1.29 is 4.21 Å². The Balaban J connectivity index is 2.33. The second-order valence-corrected chi connectivity index (χ2v) is 6.73. The van der Waals surface area contributed by atoms with Crippen molar-refractivity contribution in [2.45, 2.75) is 37.4 Å². The summed E-state index contributed by atoms with van der Waals surface area (Å²) < 4.78 is 12.7. The van der Waals surface area contributed by atoms with Gasteiger partial charge in [-0.15, -0.1) is 11.8 Å². The minimum Gasteiger partial charge on any atom is -0.259 e. The molecule has 0 amide bonds. The van der Waals surface area contributed by atoms with E-state index in [9.17, 15) is 4.21 Å². The smallest absolute Gasteiger partial charge is 0.0651 e. The molecule has 0 aliphatic heterocycles. The van der Waals surface area contributed by atoms with Gasteiger partial charge in [0.1, 0.15) is 0 Å². The number of thioether (sulfide) groups is 1. The van der Waals surface area contributed by atoms with Crippen LogP contribution in [0.4, 0.5) is 0 Å². The fourth-order valence-electron chi connectivity index (χ4n) is 1.62. The molecule has 0 saturated heterocycles. The van der Waals surface area contributed by atoms with Gasteiger partial charge in [0.25, 0.3) is 0 Å². The van der Waals surface area contributed by atoms with Crippen LogP contribution in [0.5, 0.6) is 0 Å². The lowest BCUT2D eigenvalue weighted by molar-refractivity contribution is 0.505. The summed E-state index contributed by atoms with van der Waals surface area (Å²) in [5.74, 6) is 0.626. The van der Waals surface area contributed by atoms with E-state index in [0.717, 1.165) is 17.0 Å². The highest BCUT2D eigenvalue weighted by molar-refractivity contribution is 8.23. The quantitative estimate of drug-likeness (QED) is 0.701. The molecule has 76 valence electrons. The molecule has 0 aromatic rings. The third-order valence-electron chi connectivity index (χ3n) is 2.41. The summed E-state index contributed by atoms with van der Waals surface area (Å²) in [5.41, 5.74) is 0. The molecule has 1 aliphatic carbocycles. The Bertz CT molecular complexity index is 197. The summed E-state index contributed by atoms with van der Waals surface area (Å²) in [6, 6.07) is 0. The maximum atomic E-state index is 11.8. The van der Waals surface area contributed by atoms with E-state index >= 15 is 0 Å². The summed E-state index contributed by atoms with van der Waals surface area (Å²) in [6.07, 6.45) is 8.07. The highest BCUT2D eigenvalue weighted by Gasteiger charge is 2.20. The molecule has 0 aromatic carbocycles. The predicted octanol–water partition coefficient (Wildman–Crippen LogP) is 2.76. The molecule has 0 aromatic heterocycles. The van der Waals surface area contributed by atoms with E-state index < -0.39 is 10.8 Å². The topological polar surface area (TPSA) is 17.1 Å². The third kappa shape index (κ3) is 4.09. The molecule has 4 heteroatoms. The van der Waals surface area contributed by atoms with E-state index in [4.69, 9.17) is 12.2 Å². The maximum absolute atomic E-state index is 11.8. The Morgan fingerprint density at radius 2 is 2.08 bits per heavy atom. The van der Waals surface area contributed by atoms with Crippen molar-refractivity contribution in [2.75, 3.05) is 12.0 Å². The van der Waals surface area contributed by atoms with Crippen LogP contribution in [0.25, 0.3) is 0 Å². The van der Waals surface area contributed by atoms with Crippen molar-refractivity contribution in [2.24, 2.45) is 0 Å². The number of thiocarbonyl (C=S) groups is 1. The van der Waals surface area contributed by atoms with Gasteiger partial charge in [0.05, 0.1) is 9.95 Å². The van der Waals surface area contributed by atoms with E-state index in [2.05, 4.69) is 0 Å². The monoisotopic (exact) mass is 236 g/mol. The van der Waals surface area contributed by atoms with Crippen molar-refractivity contribution in [1.82, 2.24) is 0 Å². The van der Waals surface area contributed by atoms with E-state index in [-0.39, 0.29) is 0 Å². The molecule has 0 bridgehead atoms. The first-order chi connectivity index (χ1) is 6.24. The Morgan fingerprint density at radius 3 is 2.62 bits per heavy atom. The molecule has 0 radical (unpaired) electrons. The minimum absolute atomic E-state index is 0.429. The lowest BCUT2D eigenvalue weighted by Crippen LogP contribution is -2.22. The van der Waals surface area contributed by atoms with Crippen molar-refractivity contribution in [1.29, 1.82) is 0 Å². The van der Waals surface area contributed by atoms with E-state index in [1.54, 1.807) is 11.8 Å². The van der Waals surface area contributed by atoms with Crippen LogP contribution in [0.15, 0.2) is 0 Å². The maximum Gasteiger partial charge on any atom is 0.0651 e. The number of hydrogen-bond donors (Lipinski definition) is 0. The highest BCUT2D eigenvalue weighted by Crippen LogP contribution is 2.22. The summed E-state index contributed by atoms with van der Waals surface area (Å²) in [5, 5.41) is 0.429. The van der Waals surface area contributed by atoms with Gasteiger partial charge in [0.2, 0.25) is 0 Å². The van der Waals surface area contributed by atoms with Crippen molar-refractivity contribution in [3.63, 3.8) is 0 Å². The van der Waals surface area contributed by atoms with Crippen molar-refractivity contribution in [3.05, 3.63) is 0 Å². The molecule has 1 aliphatic rings. The van der Waals surface area contributed by atoms with E-state index in [1.807, 2.05) is 6.26 Å². The van der Waals surface area contributed by atoms with E-state index in [0.29, 0.717) is 11.0 Å². The molecular weight excluding hydrogens is 220 g/mol. The largest absolute Gasteiger partial charge is 0.259 e. The van der Waals surface area contributed by atoms with Crippen LogP contribution < -0.4 is 0 Å². The molecule has 1 rings (SSSR count). The van der Waals surface area contributed by atoms with Gasteiger partial charge in [-0.25, -0.2) is 0 Å². The first-order valence-electron chi connectivity index (χ1n) is 4.68. The number of hydrogen-bond acceptors (Lipinski definition) is 3. The second kappa shape index (κ2) is 6.14. The Morgan fingerprint density at radius 1 is 1.46 bits per heavy atom. The SMILES string of the molecule is CSC(=S)CS(=O)C1CCCCC1. The van der Waals surface area contributed by atoms with Gasteiger partial charge in [-0.2, -0.15) is 0 Å². The first kappa shape index (κ1) is 11.7. The zero-order valence-electron chi connectivity index (χ0n) is 7.95. The summed E-state index contributed by atoms with van der Waals surface area (Å²) in [4.78, 5) is 0. The van der Waals surface area contributed by atoms with Crippen LogP contribution in [-0.2, 0) is 10.8 Å². The summed E-state index contributed by atoms with van der Waals surface area (Å²) in [6.45, 7) is 0. The molecule has 1 saturated carbocycles. The van der Waals surface area contributed by atoms with Gasteiger partial charge in [-0.3, -0.25) is 4.21 Å². The normalized spacial score (nSPS) is 21.3. The van der Waals surface area contributed by atoms with Crippen molar-refractivity contribution >= 4 is 39.0 Å². The van der Waals surface area contributed by atoms with Crippen LogP contribution in [0.1, 0.15) is 32.1 Å². The van der Waals surface area contributed by atoms with Crippen LogP contribution in [0.3, 0.4) is 0 Å². The highest BCUT2D eigenvalue weighted by atomic mass is 32.2. The Hall–Kier alpha value is 0.590. The molecule has 0 N–H and O–H groups in total. The fraction of sp³-hybridized carbons (Fsp3) is 0.889. The van der Waals surface area contributed by atoms with Crippen LogP contribution >= 0.6 is 24.0 Å². The van der Waals surface area contributed by atoms with Gasteiger partial charge in [0, 0.05) is 16.0 Å². The van der Waals surface area contributed by atoms with Gasteiger partial charge in [-0.1, -0.05) is 31.5 Å². The Labute approximate surface area is 92.5 Å². The molecule has 1 fully saturated rings.